The van der Waals surface area contributed by atoms with E-state index in [4.69, 9.17) is 0 Å². The minimum atomic E-state index is 0.0494. The van der Waals surface area contributed by atoms with Crippen molar-refractivity contribution in [3.05, 3.63) is 11.1 Å². The number of hydrogen-bond donors (Lipinski definition) is 1. The van der Waals surface area contributed by atoms with Crippen LogP contribution in [-0.2, 0) is 0 Å². The van der Waals surface area contributed by atoms with Crippen molar-refractivity contribution in [3.8, 4) is 0 Å². The number of likely N-dealkylation sites (tertiary alicyclic amines) is 1. The Balaban J connectivity index is 1.72. The Morgan fingerprint density at radius 1 is 1.44 bits per heavy atom. The Bertz CT molecular complexity index is 408. The lowest BCUT2D eigenvalue weighted by Crippen LogP contribution is -2.52. The summed E-state index contributed by atoms with van der Waals surface area (Å²) in [4.78, 5) is 14.3. The first kappa shape index (κ1) is 12.0. The molecule has 1 amide bonds. The van der Waals surface area contributed by atoms with Crippen LogP contribution in [0.1, 0.15) is 36.2 Å². The fourth-order valence-corrected chi connectivity index (χ4v) is 3.61. The van der Waals surface area contributed by atoms with E-state index >= 15 is 0 Å². The van der Waals surface area contributed by atoms with Crippen LogP contribution in [0.2, 0.25) is 0 Å². The maximum Gasteiger partial charge on any atom is 0.275 e. The zero-order valence-corrected chi connectivity index (χ0v) is 11.2. The molecule has 5 nitrogen and oxygen atoms in total. The SMILES string of the molecule is O=C(c1csnn1)N1CCCC2(CCCNC2)C1. The lowest BCUT2D eigenvalue weighted by molar-refractivity contribution is 0.0429. The van der Waals surface area contributed by atoms with Gasteiger partial charge in [0.05, 0.1) is 0 Å². The summed E-state index contributed by atoms with van der Waals surface area (Å²) >= 11 is 1.24. The molecule has 18 heavy (non-hydrogen) atoms. The lowest BCUT2D eigenvalue weighted by atomic mass is 9.74. The highest BCUT2D eigenvalue weighted by Gasteiger charge is 2.38. The minimum absolute atomic E-state index is 0.0494. The van der Waals surface area contributed by atoms with Gasteiger partial charge in [0.2, 0.25) is 0 Å². The summed E-state index contributed by atoms with van der Waals surface area (Å²) in [6.07, 6.45) is 4.80. The molecule has 2 fully saturated rings. The van der Waals surface area contributed by atoms with Crippen LogP contribution in [0.3, 0.4) is 0 Å². The third-order valence-corrected chi connectivity index (χ3v) is 4.59. The average Bonchev–Trinajstić information content (AvgIpc) is 2.93. The van der Waals surface area contributed by atoms with E-state index in [1.807, 2.05) is 4.90 Å². The summed E-state index contributed by atoms with van der Waals surface area (Å²) in [6.45, 7) is 3.90. The highest BCUT2D eigenvalue weighted by Crippen LogP contribution is 2.36. The third kappa shape index (κ3) is 2.27. The molecule has 0 saturated carbocycles. The van der Waals surface area contributed by atoms with Crippen molar-refractivity contribution in [1.82, 2.24) is 19.8 Å². The minimum Gasteiger partial charge on any atom is -0.337 e. The Kier molecular flexibility index (Phi) is 3.30. The Labute approximate surface area is 111 Å². The molecule has 0 aromatic carbocycles. The molecule has 1 atom stereocenters. The van der Waals surface area contributed by atoms with Crippen LogP contribution < -0.4 is 5.32 Å². The Morgan fingerprint density at radius 2 is 2.33 bits per heavy atom. The van der Waals surface area contributed by atoms with Crippen LogP contribution in [0.15, 0.2) is 5.38 Å². The summed E-state index contributed by atoms with van der Waals surface area (Å²) in [5.41, 5.74) is 0.802. The first-order chi connectivity index (χ1) is 8.79. The molecule has 0 aliphatic carbocycles. The molecule has 0 radical (unpaired) electrons. The van der Waals surface area contributed by atoms with Crippen molar-refractivity contribution in [3.63, 3.8) is 0 Å². The summed E-state index contributed by atoms with van der Waals surface area (Å²) in [7, 11) is 0. The van der Waals surface area contributed by atoms with Gasteiger partial charge < -0.3 is 10.2 Å². The zero-order valence-electron chi connectivity index (χ0n) is 10.4. The van der Waals surface area contributed by atoms with Gasteiger partial charge in [-0.15, -0.1) is 5.10 Å². The number of aromatic nitrogens is 2. The first-order valence-electron chi connectivity index (χ1n) is 6.56. The van der Waals surface area contributed by atoms with Crippen molar-refractivity contribution in [2.24, 2.45) is 5.41 Å². The van der Waals surface area contributed by atoms with E-state index < -0.39 is 0 Å². The van der Waals surface area contributed by atoms with E-state index in [-0.39, 0.29) is 5.91 Å². The number of nitrogens with one attached hydrogen (secondary N) is 1. The second-order valence-electron chi connectivity index (χ2n) is 5.40. The number of nitrogens with zero attached hydrogens (tertiary/aromatic N) is 3. The monoisotopic (exact) mass is 266 g/mol. The second-order valence-corrected chi connectivity index (χ2v) is 6.01. The number of carbonyl (C=O) groups excluding carboxylic acids is 1. The van der Waals surface area contributed by atoms with Crippen LogP contribution in [0.5, 0.6) is 0 Å². The largest absolute Gasteiger partial charge is 0.337 e. The summed E-state index contributed by atoms with van der Waals surface area (Å²) in [5.74, 6) is 0.0494. The van der Waals surface area contributed by atoms with Crippen molar-refractivity contribution in [2.45, 2.75) is 25.7 Å². The molecular formula is C12H18N4OS. The topological polar surface area (TPSA) is 58.1 Å². The molecule has 2 aliphatic rings. The molecule has 0 bridgehead atoms. The third-order valence-electron chi connectivity index (χ3n) is 4.09. The van der Waals surface area contributed by atoms with Crippen LogP contribution in [0, 0.1) is 5.41 Å². The van der Waals surface area contributed by atoms with Gasteiger partial charge >= 0.3 is 0 Å². The molecule has 2 aliphatic heterocycles. The molecule has 1 aromatic heterocycles. The van der Waals surface area contributed by atoms with Gasteiger partial charge in [-0.25, -0.2) is 0 Å². The number of carbonyl (C=O) groups is 1. The van der Waals surface area contributed by atoms with Crippen molar-refractivity contribution < 1.29 is 4.79 Å². The molecule has 98 valence electrons. The van der Waals surface area contributed by atoms with E-state index in [1.165, 1.54) is 30.8 Å². The van der Waals surface area contributed by atoms with Crippen LogP contribution in [0.25, 0.3) is 0 Å². The number of amides is 1. The fourth-order valence-electron chi connectivity index (χ4n) is 3.18. The smallest absolute Gasteiger partial charge is 0.275 e. The van der Waals surface area contributed by atoms with Gasteiger partial charge in [0, 0.05) is 30.4 Å². The molecule has 3 heterocycles. The molecular weight excluding hydrogens is 248 g/mol. The van der Waals surface area contributed by atoms with Gasteiger partial charge in [-0.3, -0.25) is 4.79 Å². The van der Waals surface area contributed by atoms with Crippen LogP contribution in [0.4, 0.5) is 0 Å². The molecule has 6 heteroatoms. The van der Waals surface area contributed by atoms with Gasteiger partial charge in [-0.1, -0.05) is 4.49 Å². The highest BCUT2D eigenvalue weighted by atomic mass is 32.1. The van der Waals surface area contributed by atoms with E-state index in [9.17, 15) is 4.79 Å². The number of rotatable bonds is 1. The number of hydrogen-bond acceptors (Lipinski definition) is 5. The summed E-state index contributed by atoms with van der Waals surface area (Å²) < 4.78 is 3.77. The van der Waals surface area contributed by atoms with E-state index in [1.54, 1.807) is 5.38 Å². The van der Waals surface area contributed by atoms with E-state index in [0.29, 0.717) is 11.1 Å². The van der Waals surface area contributed by atoms with Gasteiger partial charge in [0.1, 0.15) is 0 Å². The highest BCUT2D eigenvalue weighted by molar-refractivity contribution is 7.03. The van der Waals surface area contributed by atoms with Crippen molar-refractivity contribution in [2.75, 3.05) is 26.2 Å². The van der Waals surface area contributed by atoms with Gasteiger partial charge in [-0.05, 0) is 43.8 Å². The molecule has 1 N–H and O–H groups in total. The first-order valence-corrected chi connectivity index (χ1v) is 7.40. The van der Waals surface area contributed by atoms with Gasteiger partial charge in [0.15, 0.2) is 5.69 Å². The Morgan fingerprint density at radius 3 is 3.06 bits per heavy atom. The van der Waals surface area contributed by atoms with E-state index in [2.05, 4.69) is 14.9 Å². The summed E-state index contributed by atoms with van der Waals surface area (Å²) in [5, 5.41) is 9.10. The Hall–Kier alpha value is -1.01. The van der Waals surface area contributed by atoms with Gasteiger partial charge in [-0.2, -0.15) is 0 Å². The van der Waals surface area contributed by atoms with E-state index in [0.717, 1.165) is 32.6 Å². The molecule has 1 spiro atoms. The van der Waals surface area contributed by atoms with Crippen molar-refractivity contribution in [1.29, 1.82) is 0 Å². The number of piperidine rings is 2. The standard InChI is InChI=1S/C12H18N4OS/c17-11(10-7-18-15-14-10)16-6-2-4-12(9-16)3-1-5-13-8-12/h7,13H,1-6,8-9H2. The normalized spacial score (nSPS) is 28.6. The zero-order chi connectivity index (χ0) is 12.4. The van der Waals surface area contributed by atoms with Crippen molar-refractivity contribution >= 4 is 17.4 Å². The molecule has 3 rings (SSSR count). The summed E-state index contributed by atoms with van der Waals surface area (Å²) in [6, 6.07) is 0. The maximum atomic E-state index is 12.3. The second kappa shape index (κ2) is 4.93. The van der Waals surface area contributed by atoms with Crippen LogP contribution in [-0.4, -0.2) is 46.6 Å². The molecule has 1 unspecified atom stereocenters. The molecule has 1 aromatic rings. The van der Waals surface area contributed by atoms with Gasteiger partial charge in [0.25, 0.3) is 5.91 Å². The average molecular weight is 266 g/mol. The maximum absolute atomic E-state index is 12.3. The molecule has 2 saturated heterocycles. The van der Waals surface area contributed by atoms with Crippen LogP contribution >= 0.6 is 11.5 Å². The quantitative estimate of drug-likeness (QED) is 0.828. The fraction of sp³-hybridized carbons (Fsp3) is 0.750. The predicted octanol–water partition coefficient (Wildman–Crippen LogP) is 1.14. The predicted molar refractivity (Wildman–Crippen MR) is 69.6 cm³/mol. The lowest BCUT2D eigenvalue weighted by Gasteiger charge is -2.45.